The molecule has 1 heteroatoms. The van der Waals surface area contributed by atoms with Gasteiger partial charge in [0.05, 0.1) is 10.8 Å². The van der Waals surface area contributed by atoms with Crippen LogP contribution in [0.5, 0.6) is 0 Å². The van der Waals surface area contributed by atoms with E-state index in [-0.39, 0.29) is 5.41 Å². The van der Waals surface area contributed by atoms with Crippen LogP contribution in [0.25, 0.3) is 10.8 Å². The highest BCUT2D eigenvalue weighted by Crippen LogP contribution is 2.44. The smallest absolute Gasteiger partial charge is 0.201 e. The summed E-state index contributed by atoms with van der Waals surface area (Å²) >= 11 is 0. The van der Waals surface area contributed by atoms with Gasteiger partial charge in [0, 0.05) is 12.5 Å². The lowest BCUT2D eigenvalue weighted by atomic mass is 9.75. The Balaban J connectivity index is 1.94. The minimum atomic E-state index is 0.0511. The first kappa shape index (κ1) is 14.2. The summed E-state index contributed by atoms with van der Waals surface area (Å²) in [4.78, 5) is 0. The van der Waals surface area contributed by atoms with Crippen molar-refractivity contribution in [1.82, 2.24) is 0 Å². The van der Waals surface area contributed by atoms with Gasteiger partial charge in [0.15, 0.2) is 5.71 Å². The topological polar surface area (TPSA) is 3.01 Å². The monoisotopic (exact) mass is 300 g/mol. The third-order valence-corrected chi connectivity index (χ3v) is 5.53. The fourth-order valence-corrected chi connectivity index (χ4v) is 4.02. The van der Waals surface area contributed by atoms with Crippen LogP contribution >= 0.6 is 0 Å². The van der Waals surface area contributed by atoms with E-state index in [0.29, 0.717) is 0 Å². The molecule has 3 aromatic rings. The van der Waals surface area contributed by atoms with E-state index in [1.165, 1.54) is 33.3 Å². The Labute approximate surface area is 137 Å². The largest absolute Gasteiger partial charge is 0.217 e. The van der Waals surface area contributed by atoms with Gasteiger partial charge in [-0.2, -0.15) is 0 Å². The highest BCUT2D eigenvalue weighted by Gasteiger charge is 2.45. The van der Waals surface area contributed by atoms with E-state index in [2.05, 4.69) is 92.2 Å². The van der Waals surface area contributed by atoms with Gasteiger partial charge in [0.2, 0.25) is 5.69 Å². The van der Waals surface area contributed by atoms with Gasteiger partial charge in [-0.1, -0.05) is 60.7 Å². The second kappa shape index (κ2) is 5.06. The average molecular weight is 300 g/mol. The van der Waals surface area contributed by atoms with E-state index in [1.54, 1.807) is 0 Å². The molecule has 1 nitrogen and oxygen atoms in total. The van der Waals surface area contributed by atoms with Gasteiger partial charge in [-0.15, -0.1) is 0 Å². The van der Waals surface area contributed by atoms with E-state index >= 15 is 0 Å². The van der Waals surface area contributed by atoms with Gasteiger partial charge in [-0.05, 0) is 30.4 Å². The average Bonchev–Trinajstić information content (AvgIpc) is 2.78. The van der Waals surface area contributed by atoms with Gasteiger partial charge in [-0.25, -0.2) is 4.58 Å². The number of benzene rings is 3. The summed E-state index contributed by atoms with van der Waals surface area (Å²) in [6, 6.07) is 24.1. The number of fused-ring (bicyclic) bond motifs is 3. The summed E-state index contributed by atoms with van der Waals surface area (Å²) in [6.45, 7) is 4.66. The molecule has 23 heavy (non-hydrogen) atoms. The zero-order valence-electron chi connectivity index (χ0n) is 14.0. The quantitative estimate of drug-likeness (QED) is 0.580. The molecule has 1 unspecified atom stereocenters. The number of hydrogen-bond donors (Lipinski definition) is 0. The van der Waals surface area contributed by atoms with Crippen molar-refractivity contribution in [2.24, 2.45) is 0 Å². The van der Waals surface area contributed by atoms with Crippen LogP contribution in [0.1, 0.15) is 25.0 Å². The lowest BCUT2D eigenvalue weighted by molar-refractivity contribution is -0.401. The molecule has 0 bridgehead atoms. The van der Waals surface area contributed by atoms with Crippen molar-refractivity contribution in [2.45, 2.75) is 25.7 Å². The molecule has 0 aliphatic carbocycles. The maximum Gasteiger partial charge on any atom is 0.217 e. The molecule has 0 saturated heterocycles. The van der Waals surface area contributed by atoms with Gasteiger partial charge in [0.25, 0.3) is 0 Å². The van der Waals surface area contributed by atoms with Gasteiger partial charge in [0.1, 0.15) is 7.05 Å². The van der Waals surface area contributed by atoms with Crippen LogP contribution in [0.2, 0.25) is 0 Å². The summed E-state index contributed by atoms with van der Waals surface area (Å²) < 4.78 is 2.39. The molecule has 0 amide bonds. The summed E-state index contributed by atoms with van der Waals surface area (Å²) in [5.74, 6) is 0. The number of hydrogen-bond acceptors (Lipinski definition) is 0. The fourth-order valence-electron chi connectivity index (χ4n) is 4.02. The van der Waals surface area contributed by atoms with Crippen LogP contribution in [0, 0.1) is 0 Å². The summed E-state index contributed by atoms with van der Waals surface area (Å²) in [7, 11) is 2.21. The van der Waals surface area contributed by atoms with E-state index in [1.807, 2.05) is 0 Å². The molecule has 1 heterocycles. The van der Waals surface area contributed by atoms with E-state index in [9.17, 15) is 0 Å². The van der Waals surface area contributed by atoms with Crippen molar-refractivity contribution in [3.05, 3.63) is 77.9 Å². The second-order valence-electron chi connectivity index (χ2n) is 6.82. The third-order valence-electron chi connectivity index (χ3n) is 5.53. The number of rotatable bonds is 2. The molecule has 0 aromatic heterocycles. The van der Waals surface area contributed by atoms with Crippen LogP contribution < -0.4 is 0 Å². The molecule has 4 rings (SSSR count). The van der Waals surface area contributed by atoms with E-state index in [4.69, 9.17) is 0 Å². The minimum absolute atomic E-state index is 0.0511. The Morgan fingerprint density at radius 1 is 0.870 bits per heavy atom. The molecular formula is C22H22N+. The second-order valence-corrected chi connectivity index (χ2v) is 6.82. The first-order valence-electron chi connectivity index (χ1n) is 8.25. The van der Waals surface area contributed by atoms with Crippen LogP contribution in [0.4, 0.5) is 5.69 Å². The lowest BCUT2D eigenvalue weighted by Crippen LogP contribution is -2.32. The molecule has 3 aromatic carbocycles. The molecule has 0 spiro atoms. The maximum atomic E-state index is 2.39. The fraction of sp³-hybridized carbons (Fsp3) is 0.227. The Morgan fingerprint density at radius 3 is 2.35 bits per heavy atom. The van der Waals surface area contributed by atoms with Crippen molar-refractivity contribution in [3.8, 4) is 0 Å². The Kier molecular flexibility index (Phi) is 3.12. The van der Waals surface area contributed by atoms with Crippen LogP contribution in [0.3, 0.4) is 0 Å². The maximum absolute atomic E-state index is 2.39. The number of nitrogens with zero attached hydrogens (tertiary/aromatic N) is 1. The summed E-state index contributed by atoms with van der Waals surface area (Å²) in [5, 5.41) is 2.67. The van der Waals surface area contributed by atoms with Crippen molar-refractivity contribution in [1.29, 1.82) is 0 Å². The standard InChI is InChI=1S/C22H22N/c1-16-22(2,15-17-9-5-4-6-10-17)20-14-13-18-11-7-8-12-19(18)21(20)23(16)3/h4-14H,15H2,1-3H3/q+1. The SMILES string of the molecule is CC1=[N+](C)c2c(ccc3ccccc23)C1(C)Cc1ccccc1. The zero-order valence-corrected chi connectivity index (χ0v) is 14.0. The molecule has 0 N–H and O–H groups in total. The van der Waals surface area contributed by atoms with Crippen molar-refractivity contribution < 1.29 is 4.58 Å². The van der Waals surface area contributed by atoms with Crippen LogP contribution in [-0.4, -0.2) is 17.3 Å². The van der Waals surface area contributed by atoms with Gasteiger partial charge >= 0.3 is 0 Å². The first-order chi connectivity index (χ1) is 11.1. The highest BCUT2D eigenvalue weighted by atomic mass is 15.0. The highest BCUT2D eigenvalue weighted by molar-refractivity contribution is 6.02. The van der Waals surface area contributed by atoms with Crippen LogP contribution in [0.15, 0.2) is 66.7 Å². The van der Waals surface area contributed by atoms with Gasteiger partial charge in [-0.3, -0.25) is 0 Å². The zero-order chi connectivity index (χ0) is 16.0. The summed E-state index contributed by atoms with van der Waals surface area (Å²) in [6.07, 6.45) is 1.04. The van der Waals surface area contributed by atoms with Crippen LogP contribution in [-0.2, 0) is 11.8 Å². The minimum Gasteiger partial charge on any atom is -0.201 e. The molecule has 0 radical (unpaired) electrons. The van der Waals surface area contributed by atoms with E-state index in [0.717, 1.165) is 6.42 Å². The lowest BCUT2D eigenvalue weighted by Gasteiger charge is -2.22. The molecule has 1 atom stereocenters. The molecule has 0 fully saturated rings. The Bertz CT molecular complexity index is 921. The van der Waals surface area contributed by atoms with Crippen molar-refractivity contribution in [2.75, 3.05) is 7.05 Å². The van der Waals surface area contributed by atoms with E-state index < -0.39 is 0 Å². The van der Waals surface area contributed by atoms with Crippen molar-refractivity contribution in [3.63, 3.8) is 0 Å². The molecule has 114 valence electrons. The predicted molar refractivity (Wildman–Crippen MR) is 98.0 cm³/mol. The summed E-state index contributed by atoms with van der Waals surface area (Å²) in [5.41, 5.74) is 5.69. The predicted octanol–water partition coefficient (Wildman–Crippen LogP) is 5.09. The third kappa shape index (κ3) is 2.03. The molecule has 1 aliphatic heterocycles. The van der Waals surface area contributed by atoms with Crippen molar-refractivity contribution >= 4 is 22.2 Å². The molecular weight excluding hydrogens is 278 g/mol. The molecule has 1 aliphatic rings. The Morgan fingerprint density at radius 2 is 1.57 bits per heavy atom. The Hall–Kier alpha value is -2.41. The van der Waals surface area contributed by atoms with Gasteiger partial charge < -0.3 is 0 Å². The molecule has 0 saturated carbocycles. The first-order valence-corrected chi connectivity index (χ1v) is 8.25. The normalized spacial score (nSPS) is 20.1.